The largest absolute Gasteiger partial charge is 4.00 e. The third kappa shape index (κ3) is 18.6. The summed E-state index contributed by atoms with van der Waals surface area (Å²) in [7, 11) is 6.05. The first-order chi connectivity index (χ1) is 69.8. The fourth-order valence-corrected chi connectivity index (χ4v) is 23.2. The maximum atomic E-state index is 6.17. The third-order valence-corrected chi connectivity index (χ3v) is 31.1. The summed E-state index contributed by atoms with van der Waals surface area (Å²) in [6.07, 6.45) is 16.3. The fraction of sp³-hybridized carbons (Fsp3) is 0.0551. The maximum absolute atomic E-state index is 6.17. The van der Waals surface area contributed by atoms with E-state index in [1.165, 1.54) is 76.0 Å². The number of ether oxygens (including phenoxy) is 1. The van der Waals surface area contributed by atoms with Gasteiger partial charge >= 0.3 is 84.3 Å². The molecule has 27 rings (SSSR count). The van der Waals surface area contributed by atoms with Gasteiger partial charge in [0.2, 0.25) is 0 Å². The van der Waals surface area contributed by atoms with E-state index in [0.29, 0.717) is 11.5 Å². The van der Waals surface area contributed by atoms with Gasteiger partial charge in [0, 0.05) is 39.0 Å². The van der Waals surface area contributed by atoms with Gasteiger partial charge in [0.05, 0.1) is 8.07 Å². The van der Waals surface area contributed by atoms with Crippen LogP contribution in [0.1, 0.15) is 22.3 Å². The normalized spacial score (nSPS) is 13.6. The van der Waals surface area contributed by atoms with Gasteiger partial charge in [0.25, 0.3) is 0 Å². The molecule has 0 spiro atoms. The number of nitrogens with zero attached hydrogens (tertiary/aromatic N) is 12. The Morgan fingerprint density at radius 3 is 1.08 bits per heavy atom. The smallest absolute Gasteiger partial charge is 0.510 e. The Morgan fingerprint density at radius 2 is 0.623 bits per heavy atom. The minimum Gasteiger partial charge on any atom is -0.510 e. The number of benzene rings is 18. The van der Waals surface area contributed by atoms with Crippen molar-refractivity contribution in [3.63, 3.8) is 0 Å². The van der Waals surface area contributed by atoms with Gasteiger partial charge in [-0.25, -0.2) is 0 Å². The second-order valence-corrected chi connectivity index (χ2v) is 41.6. The number of fused-ring (bicyclic) bond motifs is 15. The first kappa shape index (κ1) is 99.0. The molecule has 0 bridgehead atoms. The molecule has 1 aliphatic carbocycles. The number of aromatic nitrogens is 4. The molecule has 5 aliphatic rings. The molecule has 18 aromatic carbocycles. The van der Waals surface area contributed by atoms with Gasteiger partial charge in [-0.2, -0.15) is 255 Å². The summed E-state index contributed by atoms with van der Waals surface area (Å²) in [5.74, 6) is 1.30. The van der Waals surface area contributed by atoms with Crippen molar-refractivity contribution in [2.75, 3.05) is 47.8 Å². The molecule has 4 aromatic heterocycles. The van der Waals surface area contributed by atoms with Crippen LogP contribution in [0.2, 0.25) is 13.1 Å². The zero-order chi connectivity index (χ0) is 95.5. The second-order valence-electron chi connectivity index (χ2n) is 36.2. The molecule has 0 amide bonds. The number of para-hydroxylation sites is 8. The zero-order valence-corrected chi connectivity index (χ0v) is 90.9. The molecule has 22 aromatic rings. The van der Waals surface area contributed by atoms with Gasteiger partial charge in [0.15, 0.2) is 0 Å². The summed E-state index contributed by atoms with van der Waals surface area (Å²) in [4.78, 5) is 18.6. The molecule has 19 heteroatoms. The quantitative estimate of drug-likeness (QED) is 0.0691. The van der Waals surface area contributed by atoms with Crippen molar-refractivity contribution in [3.05, 3.63) is 535 Å². The molecule has 0 radical (unpaired) electrons. The molecule has 714 valence electrons. The van der Waals surface area contributed by atoms with Crippen LogP contribution in [0.3, 0.4) is 0 Å². The van der Waals surface area contributed by atoms with Crippen LogP contribution in [0, 0.1) is 99.5 Å². The molecule has 0 saturated carbocycles. The molecule has 0 N–H and O–H groups in total. The van der Waals surface area contributed by atoms with Crippen LogP contribution in [0.25, 0.3) is 121 Å². The van der Waals surface area contributed by atoms with Crippen molar-refractivity contribution in [2.24, 2.45) is 0 Å². The van der Waals surface area contributed by atoms with E-state index in [9.17, 15) is 0 Å². The van der Waals surface area contributed by atoms with Gasteiger partial charge in [-0.05, 0) is 146 Å². The molecular weight excluding hydrogens is 2550 g/mol. The summed E-state index contributed by atoms with van der Waals surface area (Å²) in [6, 6.07) is 169. The summed E-state index contributed by atoms with van der Waals surface area (Å²) in [6.45, 7) is 12.9. The van der Waals surface area contributed by atoms with Crippen molar-refractivity contribution >= 4 is 140 Å². The topological polar surface area (TPSA) is 54.9 Å². The number of rotatable bonds is 16. The Kier molecular flexibility index (Phi) is 28.7. The zero-order valence-electron chi connectivity index (χ0n) is 80.0. The number of anilines is 4. The summed E-state index contributed by atoms with van der Waals surface area (Å²) in [5.41, 5.74) is 23.9. The Balaban J connectivity index is 0.000000118. The average Bonchev–Trinajstić information content (AvgIpc) is 1.53. The number of hydrogen-bond acceptors (Lipinski definition) is 10. The Labute approximate surface area is 915 Å². The van der Waals surface area contributed by atoms with Crippen molar-refractivity contribution in [1.29, 1.82) is 0 Å². The van der Waals surface area contributed by atoms with E-state index in [1.807, 2.05) is 183 Å². The van der Waals surface area contributed by atoms with Gasteiger partial charge in [-0.1, -0.05) is 185 Å². The van der Waals surface area contributed by atoms with E-state index in [-0.39, 0.29) is 84.3 Å². The predicted molar refractivity (Wildman–Crippen MR) is 581 cm³/mol. The molecule has 13 nitrogen and oxygen atoms in total. The van der Waals surface area contributed by atoms with E-state index in [4.69, 9.17) is 4.74 Å². The van der Waals surface area contributed by atoms with Crippen molar-refractivity contribution in [1.82, 2.24) is 37.9 Å². The van der Waals surface area contributed by atoms with Crippen LogP contribution in [0.15, 0.2) is 423 Å². The summed E-state index contributed by atoms with van der Waals surface area (Å²) >= 11 is 1.68. The number of hydrogen-bond donors (Lipinski definition) is 0. The Morgan fingerprint density at radius 1 is 0.260 bits per heavy atom. The van der Waals surface area contributed by atoms with Crippen LogP contribution in [-0.4, -0.2) is 74.1 Å². The van der Waals surface area contributed by atoms with E-state index >= 15 is 0 Å². The van der Waals surface area contributed by atoms with Crippen molar-refractivity contribution in [3.8, 4) is 45.4 Å². The van der Waals surface area contributed by atoms with Crippen LogP contribution in [-0.2, 0) is 89.7 Å². The standard InChI is InChI=1S/C41H27N3.C30H25N3Si.C28H19N3O.C28H19N3S.4Pt/c1-42-24-25-43(28-42)32-15-11-12-29(26-32)41(37-19-8-5-16-33(37)34-17-6-9-20-38(34)41)30-22-23-40-36(27-30)35-18-7-10-21-39(35)44(40)31-13-3-2-4-14-31;1-31-18-19-32(22-31)24-12-9-13-25(20-24)34(2,3)26-16-17-30-28(21-26)27-14-7-8-15-29(27)33(30)23-10-5-4-6-11-23;2*1-29-16-17-30(20-29)22-10-7-11-23(18-22)32-24-14-15-28-26(19-24)25-12-5-6-13-27(25)31(28)21-8-3-2-4-9-21;;;;/h2-13,15-21,23-25,27-28H,1H3;4-10,12-15,17-19,21-22H,1-3H3;2*2-8,10-13,15-17,19-20H,1H3;;;;/q4*-4;4*+4. The molecule has 0 saturated heterocycles. The predicted octanol–water partition coefficient (Wildman–Crippen LogP) is 27.2. The van der Waals surface area contributed by atoms with E-state index in [2.05, 4.69) is 429 Å². The molecule has 0 unspecified atom stereocenters. The SMILES string of the molecule is CN1C=CN(c2[c-]c(C3(c4[c-]cc5c(c4)c4ccccc4n5-c4[c-]cccc4)c4ccccc4-c4ccccc43)ccc2)[CH-]1.CN1C=CN(c2[c-]c(Oc3[c-]cc4c(c3)c3ccccc3n4-c3[c-]cccc3)ccc2)[CH-]1.CN1C=CN(c2[c-]c(Sc3[c-]cc4c(c3)c3ccccc3n4-c3[c-]cccc3)ccc2)[CH-]1.CN1C=CN(c2[c-]c([Si](C)(C)c3[c-]cc4c(c3)c3ccccc3n4-c3[c-]cccc3)ccc2)[CH-]1.[Pt+4].[Pt+4].[Pt+4].[Pt+4]. The average molecular weight is 2640 g/mol. The minimum absolute atomic E-state index is 0. The Bertz CT molecular complexity index is 8430. The molecule has 0 atom stereocenters. The van der Waals surface area contributed by atoms with Crippen molar-refractivity contribution < 1.29 is 89.0 Å². The van der Waals surface area contributed by atoms with Gasteiger partial charge < -0.3 is 62.2 Å². The second kappa shape index (κ2) is 42.4. The van der Waals surface area contributed by atoms with Crippen LogP contribution >= 0.6 is 11.8 Å². The van der Waals surface area contributed by atoms with Crippen LogP contribution < -0.4 is 34.7 Å². The fourth-order valence-electron chi connectivity index (χ4n) is 20.2. The summed E-state index contributed by atoms with van der Waals surface area (Å²) in [5, 5.41) is 12.2. The van der Waals surface area contributed by atoms with E-state index in [1.54, 1.807) is 11.8 Å². The first-order valence-electron chi connectivity index (χ1n) is 47.3. The molecule has 4 aliphatic heterocycles. The van der Waals surface area contributed by atoms with E-state index < -0.39 is 13.5 Å². The van der Waals surface area contributed by atoms with E-state index in [0.717, 1.165) is 110 Å². The monoisotopic (exact) mass is 2640 g/mol. The van der Waals surface area contributed by atoms with Gasteiger partial charge in [0.1, 0.15) is 0 Å². The third-order valence-electron chi connectivity index (χ3n) is 26.9. The molecular formula is C127H90N12OPt4SSi. The molecule has 0 fully saturated rings. The van der Waals surface area contributed by atoms with Crippen LogP contribution in [0.4, 0.5) is 22.7 Å². The first-order valence-corrected chi connectivity index (χ1v) is 51.1. The van der Waals surface area contributed by atoms with Crippen molar-refractivity contribution in [2.45, 2.75) is 28.3 Å². The van der Waals surface area contributed by atoms with Gasteiger partial charge in [-0.15, -0.1) is 144 Å². The Hall–Kier alpha value is -14.4. The molecule has 8 heterocycles. The minimum atomic E-state index is -2.04. The molecule has 146 heavy (non-hydrogen) atoms. The maximum Gasteiger partial charge on any atom is 4.00 e. The summed E-state index contributed by atoms with van der Waals surface area (Å²) < 4.78 is 15.2. The van der Waals surface area contributed by atoms with Crippen LogP contribution in [0.5, 0.6) is 11.5 Å². The van der Waals surface area contributed by atoms with Gasteiger partial charge in [-0.3, -0.25) is 0 Å².